The number of nitrogens with one attached hydrogen (secondary N) is 1. The molecule has 0 saturated carbocycles. The van der Waals surface area contributed by atoms with Gasteiger partial charge in [0.15, 0.2) is 0 Å². The SMILES string of the molecule is N#CCC(=O)Nc1cccc(Cl)c1-n1cccn1. The molecule has 1 heterocycles. The lowest BCUT2D eigenvalue weighted by Crippen LogP contribution is -2.13. The molecule has 0 fully saturated rings. The van der Waals surface area contributed by atoms with Crippen molar-refractivity contribution < 1.29 is 4.79 Å². The van der Waals surface area contributed by atoms with E-state index in [1.807, 2.05) is 0 Å². The van der Waals surface area contributed by atoms with Crippen LogP contribution in [-0.4, -0.2) is 15.7 Å². The lowest BCUT2D eigenvalue weighted by Gasteiger charge is -2.11. The van der Waals surface area contributed by atoms with Crippen LogP contribution in [0.1, 0.15) is 6.42 Å². The Labute approximate surface area is 109 Å². The lowest BCUT2D eigenvalue weighted by atomic mass is 10.2. The molecule has 0 aliphatic carbocycles. The standard InChI is InChI=1S/C12H9ClN4O/c13-9-3-1-4-10(16-11(18)5-6-14)12(9)17-8-2-7-15-17/h1-4,7-8H,5H2,(H,16,18). The molecule has 0 radical (unpaired) electrons. The molecule has 5 nitrogen and oxygen atoms in total. The van der Waals surface area contributed by atoms with Gasteiger partial charge in [-0.25, -0.2) is 4.68 Å². The molecule has 1 N–H and O–H groups in total. The maximum absolute atomic E-state index is 11.4. The fraction of sp³-hybridized carbons (Fsp3) is 0.0833. The van der Waals surface area contributed by atoms with Gasteiger partial charge in [-0.05, 0) is 18.2 Å². The zero-order valence-corrected chi connectivity index (χ0v) is 10.1. The van der Waals surface area contributed by atoms with Crippen molar-refractivity contribution in [3.63, 3.8) is 0 Å². The molecule has 0 aliphatic rings. The summed E-state index contributed by atoms with van der Waals surface area (Å²) >= 11 is 6.10. The lowest BCUT2D eigenvalue weighted by molar-refractivity contribution is -0.115. The normalized spacial score (nSPS) is 9.78. The summed E-state index contributed by atoms with van der Waals surface area (Å²) in [6.45, 7) is 0. The molecule has 0 unspecified atom stereocenters. The Kier molecular flexibility index (Phi) is 3.60. The monoisotopic (exact) mass is 260 g/mol. The van der Waals surface area contributed by atoms with Crippen molar-refractivity contribution in [2.75, 3.05) is 5.32 Å². The highest BCUT2D eigenvalue weighted by Crippen LogP contribution is 2.27. The Morgan fingerprint density at radius 3 is 3.00 bits per heavy atom. The Balaban J connectivity index is 2.40. The number of halogens is 1. The fourth-order valence-electron chi connectivity index (χ4n) is 1.52. The van der Waals surface area contributed by atoms with Gasteiger partial charge in [-0.1, -0.05) is 17.7 Å². The molecule has 0 saturated heterocycles. The highest BCUT2D eigenvalue weighted by Gasteiger charge is 2.11. The van der Waals surface area contributed by atoms with Gasteiger partial charge in [-0.2, -0.15) is 10.4 Å². The van der Waals surface area contributed by atoms with Crippen LogP contribution in [-0.2, 0) is 4.79 Å². The number of para-hydroxylation sites is 1. The minimum Gasteiger partial charge on any atom is -0.323 e. The number of amides is 1. The first kappa shape index (κ1) is 12.1. The minimum atomic E-state index is -0.381. The predicted octanol–water partition coefficient (Wildman–Crippen LogP) is 2.38. The molecule has 1 aromatic carbocycles. The summed E-state index contributed by atoms with van der Waals surface area (Å²) in [5.74, 6) is -0.381. The zero-order valence-electron chi connectivity index (χ0n) is 9.30. The van der Waals surface area contributed by atoms with E-state index in [9.17, 15) is 4.79 Å². The van der Waals surface area contributed by atoms with Crippen LogP contribution in [0, 0.1) is 11.3 Å². The van der Waals surface area contributed by atoms with Gasteiger partial charge < -0.3 is 5.32 Å². The van der Waals surface area contributed by atoms with E-state index in [0.717, 1.165) is 0 Å². The van der Waals surface area contributed by atoms with Crippen molar-refractivity contribution in [3.05, 3.63) is 41.7 Å². The van der Waals surface area contributed by atoms with Crippen molar-refractivity contribution in [3.8, 4) is 11.8 Å². The number of nitriles is 1. The van der Waals surface area contributed by atoms with Crippen LogP contribution >= 0.6 is 11.6 Å². The molecule has 18 heavy (non-hydrogen) atoms. The van der Waals surface area contributed by atoms with Crippen LogP contribution in [0.25, 0.3) is 5.69 Å². The van der Waals surface area contributed by atoms with E-state index < -0.39 is 0 Å². The van der Waals surface area contributed by atoms with Crippen molar-refractivity contribution in [2.24, 2.45) is 0 Å². The molecule has 1 aromatic heterocycles. The second-order valence-corrected chi connectivity index (χ2v) is 3.88. The molecule has 1 amide bonds. The van der Waals surface area contributed by atoms with E-state index >= 15 is 0 Å². The maximum Gasteiger partial charge on any atom is 0.238 e. The number of aromatic nitrogens is 2. The number of hydrogen-bond donors (Lipinski definition) is 1. The van der Waals surface area contributed by atoms with Crippen molar-refractivity contribution in [1.29, 1.82) is 5.26 Å². The fourth-order valence-corrected chi connectivity index (χ4v) is 1.78. The number of rotatable bonds is 3. The Hall–Kier alpha value is -2.32. The molecule has 2 aromatic rings. The number of anilines is 1. The van der Waals surface area contributed by atoms with Crippen LogP contribution < -0.4 is 5.32 Å². The second kappa shape index (κ2) is 5.34. The first-order valence-electron chi connectivity index (χ1n) is 5.17. The average molecular weight is 261 g/mol. The largest absolute Gasteiger partial charge is 0.323 e. The smallest absolute Gasteiger partial charge is 0.238 e. The highest BCUT2D eigenvalue weighted by molar-refractivity contribution is 6.33. The molecule has 0 aliphatic heterocycles. The third kappa shape index (κ3) is 2.50. The summed E-state index contributed by atoms with van der Waals surface area (Å²) in [5.41, 5.74) is 1.10. The minimum absolute atomic E-state index is 0.203. The van der Waals surface area contributed by atoms with Crippen molar-refractivity contribution in [1.82, 2.24) is 9.78 Å². The Morgan fingerprint density at radius 1 is 1.50 bits per heavy atom. The molecule has 90 valence electrons. The molecule has 0 spiro atoms. The van der Waals surface area contributed by atoms with Gasteiger partial charge in [0.1, 0.15) is 12.1 Å². The highest BCUT2D eigenvalue weighted by atomic mass is 35.5. The van der Waals surface area contributed by atoms with Crippen molar-refractivity contribution >= 4 is 23.2 Å². The van der Waals surface area contributed by atoms with Crippen molar-refractivity contribution in [2.45, 2.75) is 6.42 Å². The number of nitrogens with zero attached hydrogens (tertiary/aromatic N) is 3. The third-order valence-corrected chi connectivity index (χ3v) is 2.54. The quantitative estimate of drug-likeness (QED) is 0.921. The molecule has 0 atom stereocenters. The topological polar surface area (TPSA) is 70.7 Å². The first-order chi connectivity index (χ1) is 8.72. The molecular formula is C12H9ClN4O. The van der Waals surface area contributed by atoms with E-state index in [4.69, 9.17) is 16.9 Å². The predicted molar refractivity (Wildman–Crippen MR) is 67.4 cm³/mol. The Bertz CT molecular complexity index is 601. The first-order valence-corrected chi connectivity index (χ1v) is 5.55. The van der Waals surface area contributed by atoms with E-state index in [1.165, 1.54) is 0 Å². The number of benzene rings is 1. The summed E-state index contributed by atoms with van der Waals surface area (Å²) in [6.07, 6.45) is 3.14. The Morgan fingerprint density at radius 2 is 2.33 bits per heavy atom. The summed E-state index contributed by atoms with van der Waals surface area (Å²) in [6, 6.07) is 8.68. The van der Waals surface area contributed by atoms with Crippen LogP contribution in [0.3, 0.4) is 0 Å². The molecule has 0 bridgehead atoms. The third-order valence-electron chi connectivity index (χ3n) is 2.23. The second-order valence-electron chi connectivity index (χ2n) is 3.47. The van der Waals surface area contributed by atoms with Gasteiger partial charge in [0.2, 0.25) is 5.91 Å². The summed E-state index contributed by atoms with van der Waals surface area (Å²) in [4.78, 5) is 11.4. The summed E-state index contributed by atoms with van der Waals surface area (Å²) in [5, 5.41) is 15.6. The van der Waals surface area contributed by atoms with Crippen LogP contribution in [0.2, 0.25) is 5.02 Å². The number of hydrogen-bond acceptors (Lipinski definition) is 3. The number of carbonyl (C=O) groups is 1. The van der Waals surface area contributed by atoms with E-state index in [2.05, 4.69) is 10.4 Å². The van der Waals surface area contributed by atoms with Gasteiger partial charge in [0, 0.05) is 12.4 Å². The van der Waals surface area contributed by atoms with Crippen LogP contribution in [0.15, 0.2) is 36.7 Å². The van der Waals surface area contributed by atoms with Gasteiger partial charge in [0.05, 0.1) is 16.8 Å². The van der Waals surface area contributed by atoms with Crippen LogP contribution in [0.4, 0.5) is 5.69 Å². The van der Waals surface area contributed by atoms with Gasteiger partial charge in [0.25, 0.3) is 0 Å². The molecular weight excluding hydrogens is 252 g/mol. The van der Waals surface area contributed by atoms with Gasteiger partial charge in [-0.15, -0.1) is 0 Å². The molecule has 6 heteroatoms. The number of carbonyl (C=O) groups excluding carboxylic acids is 1. The van der Waals surface area contributed by atoms with Gasteiger partial charge >= 0.3 is 0 Å². The van der Waals surface area contributed by atoms with Crippen LogP contribution in [0.5, 0.6) is 0 Å². The van der Waals surface area contributed by atoms with E-state index in [1.54, 1.807) is 47.4 Å². The van der Waals surface area contributed by atoms with Gasteiger partial charge in [-0.3, -0.25) is 4.79 Å². The zero-order chi connectivity index (χ0) is 13.0. The summed E-state index contributed by atoms with van der Waals surface area (Å²) < 4.78 is 1.56. The maximum atomic E-state index is 11.4. The average Bonchev–Trinajstić information content (AvgIpc) is 2.82. The van der Waals surface area contributed by atoms with E-state index in [0.29, 0.717) is 16.4 Å². The van der Waals surface area contributed by atoms with E-state index in [-0.39, 0.29) is 12.3 Å². The molecule has 2 rings (SSSR count). The summed E-state index contributed by atoms with van der Waals surface area (Å²) in [7, 11) is 0.